The molecule has 0 aromatic carbocycles. The largest absolute Gasteiger partial charge is 0.351 e. The highest BCUT2D eigenvalue weighted by atomic mass is 32.2. The summed E-state index contributed by atoms with van der Waals surface area (Å²) < 4.78 is 24.8. The Bertz CT molecular complexity index is 670. The van der Waals surface area contributed by atoms with Crippen LogP contribution < -0.4 is 5.32 Å². The Kier molecular flexibility index (Phi) is 4.72. The van der Waals surface area contributed by atoms with Crippen LogP contribution in [0.2, 0.25) is 0 Å². The lowest BCUT2D eigenvalue weighted by Gasteiger charge is -2.24. The van der Waals surface area contributed by atoms with Gasteiger partial charge in [0.05, 0.1) is 30.8 Å². The maximum Gasteiger partial charge on any atom is 0.234 e. The van der Waals surface area contributed by atoms with Crippen molar-refractivity contribution in [2.24, 2.45) is 0 Å². The molecule has 2 unspecified atom stereocenters. The molecule has 2 fully saturated rings. The van der Waals surface area contributed by atoms with Crippen molar-refractivity contribution in [3.63, 3.8) is 0 Å². The van der Waals surface area contributed by atoms with E-state index in [1.165, 1.54) is 0 Å². The van der Waals surface area contributed by atoms with Crippen LogP contribution in [0.4, 0.5) is 0 Å². The summed E-state index contributed by atoms with van der Waals surface area (Å²) in [5.41, 5.74) is 1.13. The van der Waals surface area contributed by atoms with Crippen molar-refractivity contribution >= 4 is 15.7 Å². The first kappa shape index (κ1) is 16.4. The van der Waals surface area contributed by atoms with Crippen molar-refractivity contribution in [3.05, 3.63) is 18.0 Å². The smallest absolute Gasteiger partial charge is 0.234 e. The number of carbonyl (C=O) groups excluding carboxylic acids is 1. The zero-order chi connectivity index (χ0) is 16.4. The van der Waals surface area contributed by atoms with Gasteiger partial charge in [-0.1, -0.05) is 0 Å². The standard InChI is InChI=1S/C15H24N4O3S/c1-12-7-16-19(8-12)9-14-3-2-5-18(14)10-15(20)17-13-4-6-23(21,22)11-13/h7-8,13-14H,2-6,9-11H2,1H3,(H,17,20). The van der Waals surface area contributed by atoms with Crippen LogP contribution in [0.25, 0.3) is 0 Å². The number of nitrogens with one attached hydrogen (secondary N) is 1. The van der Waals surface area contributed by atoms with Crippen molar-refractivity contribution in [3.8, 4) is 0 Å². The molecule has 23 heavy (non-hydrogen) atoms. The first-order chi connectivity index (χ1) is 10.9. The number of likely N-dealkylation sites (tertiary alicyclic amines) is 1. The molecule has 2 aliphatic rings. The number of aromatic nitrogens is 2. The second-order valence-corrected chi connectivity index (χ2v) is 8.90. The van der Waals surface area contributed by atoms with Gasteiger partial charge >= 0.3 is 0 Å². The van der Waals surface area contributed by atoms with Crippen molar-refractivity contribution in [1.82, 2.24) is 20.0 Å². The molecule has 3 heterocycles. The number of carbonyl (C=O) groups is 1. The molecule has 1 N–H and O–H groups in total. The molecule has 0 saturated carbocycles. The van der Waals surface area contributed by atoms with Crippen LogP contribution in [-0.4, -0.2) is 65.7 Å². The molecule has 2 atom stereocenters. The van der Waals surface area contributed by atoms with E-state index in [9.17, 15) is 13.2 Å². The Morgan fingerprint density at radius 1 is 1.43 bits per heavy atom. The monoisotopic (exact) mass is 340 g/mol. The molecule has 3 rings (SSSR count). The number of amides is 1. The summed E-state index contributed by atoms with van der Waals surface area (Å²) in [7, 11) is -2.96. The lowest BCUT2D eigenvalue weighted by Crippen LogP contribution is -2.45. The molecule has 8 heteroatoms. The van der Waals surface area contributed by atoms with Gasteiger partial charge in [-0.15, -0.1) is 0 Å². The number of hydrogen-bond acceptors (Lipinski definition) is 5. The Labute approximate surface area is 137 Å². The van der Waals surface area contributed by atoms with Crippen LogP contribution in [0.3, 0.4) is 0 Å². The Morgan fingerprint density at radius 2 is 2.26 bits per heavy atom. The van der Waals surface area contributed by atoms with E-state index in [1.807, 2.05) is 24.0 Å². The Balaban J connectivity index is 1.51. The molecule has 1 amide bonds. The molecular weight excluding hydrogens is 316 g/mol. The predicted octanol–water partition coefficient (Wildman–Crippen LogP) is -0.0408. The van der Waals surface area contributed by atoms with Crippen LogP contribution in [0.1, 0.15) is 24.8 Å². The van der Waals surface area contributed by atoms with Crippen molar-refractivity contribution < 1.29 is 13.2 Å². The van der Waals surface area contributed by atoms with E-state index in [1.54, 1.807) is 0 Å². The van der Waals surface area contributed by atoms with Gasteiger partial charge in [0, 0.05) is 18.3 Å². The van der Waals surface area contributed by atoms with E-state index in [2.05, 4.69) is 15.3 Å². The first-order valence-electron chi connectivity index (χ1n) is 8.14. The van der Waals surface area contributed by atoms with E-state index in [4.69, 9.17) is 0 Å². The van der Waals surface area contributed by atoms with E-state index in [-0.39, 0.29) is 23.5 Å². The lowest BCUT2D eigenvalue weighted by molar-refractivity contribution is -0.123. The fraction of sp³-hybridized carbons (Fsp3) is 0.733. The van der Waals surface area contributed by atoms with Crippen LogP contribution in [-0.2, 0) is 21.2 Å². The summed E-state index contributed by atoms with van der Waals surface area (Å²) in [6, 6.07) is 0.0923. The molecule has 0 radical (unpaired) electrons. The maximum atomic E-state index is 12.2. The highest BCUT2D eigenvalue weighted by molar-refractivity contribution is 7.91. The van der Waals surface area contributed by atoms with Crippen LogP contribution in [0.5, 0.6) is 0 Å². The fourth-order valence-electron chi connectivity index (χ4n) is 3.46. The van der Waals surface area contributed by atoms with Crippen LogP contribution in [0, 0.1) is 6.92 Å². The van der Waals surface area contributed by atoms with E-state index >= 15 is 0 Å². The zero-order valence-corrected chi connectivity index (χ0v) is 14.3. The quantitative estimate of drug-likeness (QED) is 0.813. The highest BCUT2D eigenvalue weighted by Gasteiger charge is 2.31. The van der Waals surface area contributed by atoms with Gasteiger partial charge in [0.25, 0.3) is 0 Å². The number of nitrogens with zero attached hydrogens (tertiary/aromatic N) is 3. The summed E-state index contributed by atoms with van der Waals surface area (Å²) in [5, 5.41) is 7.18. The SMILES string of the molecule is Cc1cnn(CC2CCCN2CC(=O)NC2CCS(=O)(=O)C2)c1. The Hall–Kier alpha value is -1.41. The van der Waals surface area contributed by atoms with E-state index in [0.717, 1.165) is 31.5 Å². The van der Waals surface area contributed by atoms with Gasteiger partial charge in [-0.3, -0.25) is 14.4 Å². The Morgan fingerprint density at radius 3 is 2.91 bits per heavy atom. The average molecular weight is 340 g/mol. The van der Waals surface area contributed by atoms with Crippen LogP contribution in [0.15, 0.2) is 12.4 Å². The minimum Gasteiger partial charge on any atom is -0.351 e. The number of hydrogen-bond donors (Lipinski definition) is 1. The topological polar surface area (TPSA) is 84.3 Å². The third kappa shape index (κ3) is 4.32. The summed E-state index contributed by atoms with van der Waals surface area (Å²) >= 11 is 0. The lowest BCUT2D eigenvalue weighted by atomic mass is 10.2. The number of sulfone groups is 1. The van der Waals surface area contributed by atoms with E-state index in [0.29, 0.717) is 19.0 Å². The molecule has 7 nitrogen and oxygen atoms in total. The molecule has 0 spiro atoms. The molecule has 2 aliphatic heterocycles. The molecule has 1 aromatic heterocycles. The average Bonchev–Trinajstić information content (AvgIpc) is 3.14. The molecular formula is C15H24N4O3S. The van der Waals surface area contributed by atoms with Crippen molar-refractivity contribution in [2.75, 3.05) is 24.6 Å². The predicted molar refractivity (Wildman–Crippen MR) is 86.8 cm³/mol. The normalized spacial score (nSPS) is 27.3. The minimum atomic E-state index is -2.96. The molecule has 128 valence electrons. The van der Waals surface area contributed by atoms with Gasteiger partial charge in [-0.05, 0) is 38.3 Å². The minimum absolute atomic E-state index is 0.0735. The van der Waals surface area contributed by atoms with Crippen molar-refractivity contribution in [1.29, 1.82) is 0 Å². The summed E-state index contributed by atoms with van der Waals surface area (Å²) in [6.07, 6.45) is 6.52. The third-order valence-corrected chi connectivity index (χ3v) is 6.37. The van der Waals surface area contributed by atoms with Gasteiger partial charge in [0.1, 0.15) is 0 Å². The van der Waals surface area contributed by atoms with E-state index < -0.39 is 9.84 Å². The molecule has 0 aliphatic carbocycles. The third-order valence-electron chi connectivity index (χ3n) is 4.60. The fourth-order valence-corrected chi connectivity index (χ4v) is 5.13. The molecule has 0 bridgehead atoms. The van der Waals surface area contributed by atoms with Gasteiger partial charge in [-0.2, -0.15) is 5.10 Å². The van der Waals surface area contributed by atoms with Gasteiger partial charge in [0.15, 0.2) is 9.84 Å². The van der Waals surface area contributed by atoms with Gasteiger partial charge in [-0.25, -0.2) is 8.42 Å². The number of aryl methyl sites for hydroxylation is 1. The molecule has 1 aromatic rings. The van der Waals surface area contributed by atoms with Crippen molar-refractivity contribution in [2.45, 2.75) is 44.8 Å². The van der Waals surface area contributed by atoms with Gasteiger partial charge in [0.2, 0.25) is 5.91 Å². The maximum absolute atomic E-state index is 12.2. The second kappa shape index (κ2) is 6.60. The summed E-state index contributed by atoms with van der Waals surface area (Å²) in [6.45, 7) is 4.04. The van der Waals surface area contributed by atoms with Crippen LogP contribution >= 0.6 is 0 Å². The second-order valence-electron chi connectivity index (χ2n) is 6.67. The molecule has 2 saturated heterocycles. The summed E-state index contributed by atoms with van der Waals surface area (Å²) in [4.78, 5) is 14.4. The number of rotatable bonds is 5. The first-order valence-corrected chi connectivity index (χ1v) is 9.96. The zero-order valence-electron chi connectivity index (χ0n) is 13.4. The highest BCUT2D eigenvalue weighted by Crippen LogP contribution is 2.19. The summed E-state index contributed by atoms with van der Waals surface area (Å²) in [5.74, 6) is 0.188. The van der Waals surface area contributed by atoms with Gasteiger partial charge < -0.3 is 5.32 Å².